The monoisotopic (exact) mass is 470 g/mol. The zero-order valence-corrected chi connectivity index (χ0v) is 16.2. The number of hydrogen-bond donors (Lipinski definition) is 3. The van der Waals surface area contributed by atoms with Crippen LogP contribution in [-0.4, -0.2) is 51.4 Å². The molecule has 1 aliphatic heterocycles. The van der Waals surface area contributed by atoms with Crippen LogP contribution in [0.1, 0.15) is 6.42 Å². The minimum atomic E-state index is -2.98. The first kappa shape index (κ1) is 20.6. The third-order valence-electron chi connectivity index (χ3n) is 3.34. The first-order chi connectivity index (χ1) is 10.9. The van der Waals surface area contributed by atoms with Gasteiger partial charge in [-0.1, -0.05) is 0 Å². The predicted octanol–water partition coefficient (Wildman–Crippen LogP) is 0.734. The van der Waals surface area contributed by atoms with Gasteiger partial charge in [-0.15, -0.1) is 24.0 Å². The molecule has 1 aliphatic rings. The van der Waals surface area contributed by atoms with Crippen molar-refractivity contribution in [3.05, 3.63) is 30.1 Å². The fourth-order valence-electron chi connectivity index (χ4n) is 2.20. The molecule has 0 spiro atoms. The van der Waals surface area contributed by atoms with Crippen LogP contribution in [0.4, 0.5) is 10.1 Å². The molecule has 0 radical (unpaired) electrons. The highest BCUT2D eigenvalue weighted by Crippen LogP contribution is 2.11. The lowest BCUT2D eigenvalue weighted by Gasteiger charge is -2.15. The molecule has 0 aliphatic carbocycles. The van der Waals surface area contributed by atoms with E-state index in [9.17, 15) is 17.6 Å². The fraction of sp³-hybridized carbons (Fsp3) is 0.429. The lowest BCUT2D eigenvalue weighted by Crippen LogP contribution is -2.46. The Bertz CT molecular complexity index is 694. The van der Waals surface area contributed by atoms with Gasteiger partial charge in [-0.05, 0) is 30.7 Å². The third kappa shape index (κ3) is 6.59. The van der Waals surface area contributed by atoms with E-state index >= 15 is 0 Å². The number of carbonyl (C=O) groups is 1. The van der Waals surface area contributed by atoms with Crippen molar-refractivity contribution in [1.29, 1.82) is 0 Å². The van der Waals surface area contributed by atoms with E-state index in [-0.39, 0.29) is 59.8 Å². The van der Waals surface area contributed by atoms with E-state index in [4.69, 9.17) is 0 Å². The summed E-state index contributed by atoms with van der Waals surface area (Å²) in [5.41, 5.74) is 0.489. The Hall–Kier alpha value is -1.43. The predicted molar refractivity (Wildman–Crippen MR) is 102 cm³/mol. The second-order valence-electron chi connectivity index (χ2n) is 5.23. The van der Waals surface area contributed by atoms with Gasteiger partial charge in [0.25, 0.3) is 0 Å². The average molecular weight is 470 g/mol. The van der Waals surface area contributed by atoms with Crippen LogP contribution in [0.5, 0.6) is 0 Å². The maximum absolute atomic E-state index is 12.8. The number of hydrogen-bond acceptors (Lipinski definition) is 4. The van der Waals surface area contributed by atoms with Crippen molar-refractivity contribution in [2.24, 2.45) is 4.99 Å². The number of halogens is 2. The molecule has 134 valence electrons. The molecule has 7 nitrogen and oxygen atoms in total. The van der Waals surface area contributed by atoms with Gasteiger partial charge in [-0.2, -0.15) is 0 Å². The van der Waals surface area contributed by atoms with Gasteiger partial charge < -0.3 is 16.0 Å². The summed E-state index contributed by atoms with van der Waals surface area (Å²) in [7, 11) is -1.44. The molecule has 1 saturated heterocycles. The average Bonchev–Trinajstić information content (AvgIpc) is 2.85. The largest absolute Gasteiger partial charge is 0.353 e. The molecule has 1 unspecified atom stereocenters. The molecular formula is C14H20FIN4O3S. The van der Waals surface area contributed by atoms with Gasteiger partial charge in [0, 0.05) is 18.8 Å². The number of guanidine groups is 1. The first-order valence-electron chi connectivity index (χ1n) is 7.11. The number of rotatable bonds is 4. The first-order valence-corrected chi connectivity index (χ1v) is 8.93. The summed E-state index contributed by atoms with van der Waals surface area (Å²) < 4.78 is 35.6. The normalized spacial score (nSPS) is 19.2. The molecular weight excluding hydrogens is 450 g/mol. The number of benzene rings is 1. The Labute approximate surface area is 157 Å². The molecule has 1 aromatic rings. The number of carbonyl (C=O) groups excluding carboxylic acids is 1. The zero-order valence-electron chi connectivity index (χ0n) is 13.1. The maximum Gasteiger partial charge on any atom is 0.243 e. The van der Waals surface area contributed by atoms with Crippen molar-refractivity contribution in [2.75, 3.05) is 30.4 Å². The van der Waals surface area contributed by atoms with Gasteiger partial charge in [0.2, 0.25) is 5.91 Å². The third-order valence-corrected chi connectivity index (χ3v) is 5.11. The van der Waals surface area contributed by atoms with E-state index in [2.05, 4.69) is 20.9 Å². The summed E-state index contributed by atoms with van der Waals surface area (Å²) >= 11 is 0. The van der Waals surface area contributed by atoms with Crippen molar-refractivity contribution in [3.63, 3.8) is 0 Å². The molecule has 10 heteroatoms. The Morgan fingerprint density at radius 3 is 2.54 bits per heavy atom. The summed E-state index contributed by atoms with van der Waals surface area (Å²) in [6.45, 7) is -0.0451. The minimum Gasteiger partial charge on any atom is -0.353 e. The van der Waals surface area contributed by atoms with E-state index in [1.165, 1.54) is 31.3 Å². The van der Waals surface area contributed by atoms with Crippen molar-refractivity contribution in [1.82, 2.24) is 10.6 Å². The number of nitrogens with one attached hydrogen (secondary N) is 3. The van der Waals surface area contributed by atoms with Gasteiger partial charge in [0.05, 0.1) is 18.1 Å². The van der Waals surface area contributed by atoms with E-state index in [0.29, 0.717) is 18.1 Å². The Balaban J connectivity index is 0.00000288. The molecule has 1 heterocycles. The summed E-state index contributed by atoms with van der Waals surface area (Å²) in [5.74, 6) is -0.112. The van der Waals surface area contributed by atoms with E-state index in [1.807, 2.05) is 0 Å². The second-order valence-corrected chi connectivity index (χ2v) is 7.45. The van der Waals surface area contributed by atoms with Crippen LogP contribution in [0.2, 0.25) is 0 Å². The highest BCUT2D eigenvalue weighted by atomic mass is 127. The summed E-state index contributed by atoms with van der Waals surface area (Å²) in [6, 6.07) is 5.23. The summed E-state index contributed by atoms with van der Waals surface area (Å²) in [4.78, 5) is 15.8. The van der Waals surface area contributed by atoms with Gasteiger partial charge >= 0.3 is 0 Å². The quantitative estimate of drug-likeness (QED) is 0.343. The topological polar surface area (TPSA) is 99.7 Å². The molecule has 1 amide bonds. The molecule has 0 saturated carbocycles. The van der Waals surface area contributed by atoms with E-state index in [1.54, 1.807) is 0 Å². The Morgan fingerprint density at radius 1 is 1.33 bits per heavy atom. The lowest BCUT2D eigenvalue weighted by atomic mass is 10.3. The molecule has 0 aromatic heterocycles. The second kappa shape index (κ2) is 9.16. The van der Waals surface area contributed by atoms with Crippen LogP contribution in [-0.2, 0) is 14.6 Å². The Kier molecular flexibility index (Phi) is 7.87. The van der Waals surface area contributed by atoms with Gasteiger partial charge in [0.15, 0.2) is 15.8 Å². The number of amides is 1. The molecule has 0 bridgehead atoms. The van der Waals surface area contributed by atoms with Crippen molar-refractivity contribution < 1.29 is 17.6 Å². The van der Waals surface area contributed by atoms with E-state index < -0.39 is 9.84 Å². The van der Waals surface area contributed by atoms with Crippen molar-refractivity contribution >= 4 is 51.4 Å². The smallest absolute Gasteiger partial charge is 0.243 e. The van der Waals surface area contributed by atoms with Crippen LogP contribution in [0, 0.1) is 5.82 Å². The summed E-state index contributed by atoms with van der Waals surface area (Å²) in [5, 5.41) is 8.40. The van der Waals surface area contributed by atoms with Crippen LogP contribution in [0.3, 0.4) is 0 Å². The zero-order chi connectivity index (χ0) is 16.9. The maximum atomic E-state index is 12.8. The van der Waals surface area contributed by atoms with E-state index in [0.717, 1.165) is 0 Å². The molecule has 1 fully saturated rings. The number of anilines is 1. The van der Waals surface area contributed by atoms with Crippen LogP contribution >= 0.6 is 24.0 Å². The molecule has 1 aromatic carbocycles. The molecule has 2 rings (SSSR count). The standard InChI is InChI=1S/C14H19FN4O3S.HI/c1-16-14(19-12-6-7-23(21,22)9-12)17-8-13(20)18-11-4-2-10(15)3-5-11;/h2-5,12H,6-9H2,1H3,(H,18,20)(H2,16,17,19);1H. The number of nitrogens with zero attached hydrogens (tertiary/aromatic N) is 1. The van der Waals surface area contributed by atoms with Crippen molar-refractivity contribution in [2.45, 2.75) is 12.5 Å². The number of sulfone groups is 1. The van der Waals surface area contributed by atoms with Crippen LogP contribution in [0.25, 0.3) is 0 Å². The van der Waals surface area contributed by atoms with Crippen LogP contribution < -0.4 is 16.0 Å². The molecule has 1 atom stereocenters. The van der Waals surface area contributed by atoms with Gasteiger partial charge in [0.1, 0.15) is 5.82 Å². The fourth-order valence-corrected chi connectivity index (χ4v) is 3.87. The van der Waals surface area contributed by atoms with Gasteiger partial charge in [-0.3, -0.25) is 9.79 Å². The minimum absolute atomic E-state index is 0. The molecule has 3 N–H and O–H groups in total. The Morgan fingerprint density at radius 2 is 2.00 bits per heavy atom. The van der Waals surface area contributed by atoms with Gasteiger partial charge in [-0.25, -0.2) is 12.8 Å². The lowest BCUT2D eigenvalue weighted by molar-refractivity contribution is -0.115. The van der Waals surface area contributed by atoms with Crippen LogP contribution in [0.15, 0.2) is 29.3 Å². The number of aliphatic imine (C=N–C) groups is 1. The highest BCUT2D eigenvalue weighted by molar-refractivity contribution is 14.0. The SMILES string of the molecule is CN=C(NCC(=O)Nc1ccc(F)cc1)NC1CCS(=O)(=O)C1.I. The van der Waals surface area contributed by atoms with Crippen molar-refractivity contribution in [3.8, 4) is 0 Å². The molecule has 24 heavy (non-hydrogen) atoms. The highest BCUT2D eigenvalue weighted by Gasteiger charge is 2.28. The summed E-state index contributed by atoms with van der Waals surface area (Å²) in [6.07, 6.45) is 0.519.